The molecule has 3 aromatic rings. The summed E-state index contributed by atoms with van der Waals surface area (Å²) >= 11 is 5.87. The number of hydrogen-bond acceptors (Lipinski definition) is 5. The Hall–Kier alpha value is -2.55. The SMILES string of the molecule is Clc1ccc(CNc2ccc3c(c2)CCN3)cc1.Cn1ccc(S(=O)(=O)O)n1. The summed E-state index contributed by atoms with van der Waals surface area (Å²) in [4.78, 5) is 0. The van der Waals surface area contributed by atoms with Crippen molar-refractivity contribution in [2.24, 2.45) is 7.05 Å². The molecule has 0 saturated heterocycles. The predicted octanol–water partition coefficient (Wildman–Crippen LogP) is 3.59. The third-order valence-electron chi connectivity index (χ3n) is 4.18. The van der Waals surface area contributed by atoms with Crippen molar-refractivity contribution in [2.75, 3.05) is 17.2 Å². The van der Waals surface area contributed by atoms with Crippen LogP contribution in [0.2, 0.25) is 5.02 Å². The van der Waals surface area contributed by atoms with Gasteiger partial charge in [0.2, 0.25) is 5.03 Å². The number of benzene rings is 2. The smallest absolute Gasteiger partial charge is 0.313 e. The van der Waals surface area contributed by atoms with Gasteiger partial charge in [0.05, 0.1) is 0 Å². The van der Waals surface area contributed by atoms with Gasteiger partial charge in [-0.05, 0) is 53.9 Å². The zero-order valence-corrected chi connectivity index (χ0v) is 16.8. The molecule has 28 heavy (non-hydrogen) atoms. The second kappa shape index (κ2) is 8.64. The van der Waals surface area contributed by atoms with E-state index in [0.717, 1.165) is 24.5 Å². The Labute approximate surface area is 169 Å². The van der Waals surface area contributed by atoms with Crippen LogP contribution in [0.1, 0.15) is 11.1 Å². The molecule has 0 amide bonds. The molecule has 1 aromatic heterocycles. The maximum absolute atomic E-state index is 10.3. The number of aryl methyl sites for hydroxylation is 1. The Morgan fingerprint density at radius 2 is 1.96 bits per heavy atom. The Balaban J connectivity index is 0.000000192. The minimum absolute atomic E-state index is 0.324. The van der Waals surface area contributed by atoms with Gasteiger partial charge in [-0.25, -0.2) is 0 Å². The van der Waals surface area contributed by atoms with Gasteiger partial charge in [-0.15, -0.1) is 0 Å². The van der Waals surface area contributed by atoms with E-state index in [1.807, 2.05) is 24.3 Å². The van der Waals surface area contributed by atoms with Crippen LogP contribution in [0.4, 0.5) is 11.4 Å². The van der Waals surface area contributed by atoms with Crippen LogP contribution in [0, 0.1) is 0 Å². The first kappa shape index (κ1) is 20.2. The summed E-state index contributed by atoms with van der Waals surface area (Å²) in [5.41, 5.74) is 5.08. The van der Waals surface area contributed by atoms with E-state index < -0.39 is 10.1 Å². The fourth-order valence-corrected chi connectivity index (χ4v) is 3.34. The van der Waals surface area contributed by atoms with E-state index in [2.05, 4.69) is 33.9 Å². The van der Waals surface area contributed by atoms with Crippen molar-refractivity contribution < 1.29 is 13.0 Å². The predicted molar refractivity (Wildman–Crippen MR) is 110 cm³/mol. The molecule has 148 valence electrons. The lowest BCUT2D eigenvalue weighted by Crippen LogP contribution is -1.99. The molecule has 3 N–H and O–H groups in total. The largest absolute Gasteiger partial charge is 0.384 e. The van der Waals surface area contributed by atoms with E-state index in [1.54, 1.807) is 7.05 Å². The van der Waals surface area contributed by atoms with Crippen molar-refractivity contribution in [2.45, 2.75) is 18.0 Å². The maximum atomic E-state index is 10.3. The summed E-state index contributed by atoms with van der Waals surface area (Å²) in [7, 11) is -2.55. The van der Waals surface area contributed by atoms with E-state index in [4.69, 9.17) is 16.2 Å². The number of aromatic nitrogens is 2. The van der Waals surface area contributed by atoms with Gasteiger partial charge in [-0.3, -0.25) is 9.23 Å². The Morgan fingerprint density at radius 1 is 1.21 bits per heavy atom. The van der Waals surface area contributed by atoms with Gasteiger partial charge in [-0.1, -0.05) is 23.7 Å². The summed E-state index contributed by atoms with van der Waals surface area (Å²) in [5.74, 6) is 0. The van der Waals surface area contributed by atoms with E-state index in [1.165, 1.54) is 39.4 Å². The molecule has 0 fully saturated rings. The summed E-state index contributed by atoms with van der Waals surface area (Å²) in [5, 5.41) is 10.7. The quantitative estimate of drug-likeness (QED) is 0.558. The van der Waals surface area contributed by atoms with Gasteiger partial charge in [0.15, 0.2) is 0 Å². The normalized spacial score (nSPS) is 12.5. The van der Waals surface area contributed by atoms with Gasteiger partial charge in [0, 0.05) is 42.7 Å². The van der Waals surface area contributed by atoms with Crippen LogP contribution in [0.5, 0.6) is 0 Å². The van der Waals surface area contributed by atoms with Gasteiger partial charge in [0.1, 0.15) is 0 Å². The highest BCUT2D eigenvalue weighted by atomic mass is 35.5. The molecule has 0 atom stereocenters. The van der Waals surface area contributed by atoms with Crippen LogP contribution in [0.25, 0.3) is 0 Å². The van der Waals surface area contributed by atoms with Gasteiger partial charge in [0.25, 0.3) is 0 Å². The number of anilines is 2. The molecule has 0 aliphatic carbocycles. The van der Waals surface area contributed by atoms with Crippen LogP contribution in [-0.2, 0) is 30.1 Å². The number of rotatable bonds is 4. The van der Waals surface area contributed by atoms with Crippen LogP contribution < -0.4 is 10.6 Å². The Morgan fingerprint density at radius 3 is 2.57 bits per heavy atom. The average molecular weight is 421 g/mol. The standard InChI is InChI=1S/C15H15ClN2.C4H6N2O3S/c16-13-3-1-11(2-4-13)10-18-14-5-6-15-12(9-14)7-8-17-15;1-6-3-2-4(5-6)10(7,8)9/h1-6,9,17-18H,7-8,10H2;2-3H,1H3,(H,7,8,9). The highest BCUT2D eigenvalue weighted by Crippen LogP contribution is 2.25. The zero-order valence-electron chi connectivity index (χ0n) is 15.3. The van der Waals surface area contributed by atoms with Crippen molar-refractivity contribution >= 4 is 33.1 Å². The molecule has 9 heteroatoms. The lowest BCUT2D eigenvalue weighted by molar-refractivity contribution is 0.477. The molecule has 1 aliphatic heterocycles. The second-order valence-electron chi connectivity index (χ2n) is 6.33. The summed E-state index contributed by atoms with van der Waals surface area (Å²) in [6.07, 6.45) is 2.55. The van der Waals surface area contributed by atoms with Crippen molar-refractivity contribution in [3.05, 3.63) is 70.9 Å². The molecule has 0 saturated carbocycles. The first-order valence-corrected chi connectivity index (χ1v) is 10.5. The van der Waals surface area contributed by atoms with Gasteiger partial charge < -0.3 is 10.6 Å². The van der Waals surface area contributed by atoms with Crippen molar-refractivity contribution in [1.29, 1.82) is 0 Å². The molecule has 7 nitrogen and oxygen atoms in total. The third-order valence-corrected chi connectivity index (χ3v) is 5.18. The topological polar surface area (TPSA) is 96.2 Å². The fourth-order valence-electron chi connectivity index (χ4n) is 2.75. The number of nitrogens with one attached hydrogen (secondary N) is 2. The van der Waals surface area contributed by atoms with E-state index in [-0.39, 0.29) is 5.03 Å². The third kappa shape index (κ3) is 5.48. The highest BCUT2D eigenvalue weighted by Gasteiger charge is 2.11. The molecule has 0 bridgehead atoms. The summed E-state index contributed by atoms with van der Waals surface area (Å²) < 4.78 is 30.3. The first-order chi connectivity index (χ1) is 13.3. The monoisotopic (exact) mass is 420 g/mol. The van der Waals surface area contributed by atoms with Gasteiger partial charge in [-0.2, -0.15) is 13.5 Å². The minimum Gasteiger partial charge on any atom is -0.384 e. The minimum atomic E-state index is -4.11. The molecule has 0 radical (unpaired) electrons. The lowest BCUT2D eigenvalue weighted by atomic mass is 10.1. The Bertz CT molecular complexity index is 1050. The fraction of sp³-hybridized carbons (Fsp3) is 0.211. The van der Waals surface area contributed by atoms with Crippen molar-refractivity contribution in [1.82, 2.24) is 9.78 Å². The van der Waals surface area contributed by atoms with Crippen molar-refractivity contribution in [3.8, 4) is 0 Å². The van der Waals surface area contributed by atoms with Crippen LogP contribution >= 0.6 is 11.6 Å². The van der Waals surface area contributed by atoms with Crippen LogP contribution in [0.3, 0.4) is 0 Å². The lowest BCUT2D eigenvalue weighted by Gasteiger charge is -2.08. The number of hydrogen-bond donors (Lipinski definition) is 3. The van der Waals surface area contributed by atoms with E-state index >= 15 is 0 Å². The molecule has 0 spiro atoms. The second-order valence-corrected chi connectivity index (χ2v) is 8.14. The molecule has 4 rings (SSSR count). The van der Waals surface area contributed by atoms with Gasteiger partial charge >= 0.3 is 10.1 Å². The van der Waals surface area contributed by atoms with E-state index in [0.29, 0.717) is 0 Å². The molecule has 1 aliphatic rings. The number of halogens is 1. The first-order valence-electron chi connectivity index (χ1n) is 8.63. The molecule has 0 unspecified atom stereocenters. The number of fused-ring (bicyclic) bond motifs is 1. The maximum Gasteiger partial charge on any atom is 0.313 e. The zero-order chi connectivity index (χ0) is 20.1. The molecule has 2 aromatic carbocycles. The summed E-state index contributed by atoms with van der Waals surface area (Å²) in [6, 6.07) is 15.6. The number of nitrogens with zero attached hydrogens (tertiary/aromatic N) is 2. The van der Waals surface area contributed by atoms with Crippen molar-refractivity contribution in [3.63, 3.8) is 0 Å². The van der Waals surface area contributed by atoms with Crippen LogP contribution in [-0.4, -0.2) is 29.3 Å². The van der Waals surface area contributed by atoms with E-state index in [9.17, 15) is 8.42 Å². The average Bonchev–Trinajstić information content (AvgIpc) is 3.30. The summed E-state index contributed by atoms with van der Waals surface area (Å²) in [6.45, 7) is 1.87. The molecular formula is C19H21ClN4O3S. The molecule has 2 heterocycles. The van der Waals surface area contributed by atoms with Crippen LogP contribution in [0.15, 0.2) is 59.8 Å². The molecular weight excluding hydrogens is 400 g/mol. The highest BCUT2D eigenvalue weighted by molar-refractivity contribution is 7.85. The Kier molecular flexibility index (Phi) is 6.23.